The summed E-state index contributed by atoms with van der Waals surface area (Å²) in [7, 11) is 1.72. The molecule has 0 radical (unpaired) electrons. The third kappa shape index (κ3) is 5.36. The van der Waals surface area contributed by atoms with Crippen molar-refractivity contribution in [1.29, 1.82) is 0 Å². The van der Waals surface area contributed by atoms with Crippen LogP contribution >= 0.6 is 22.7 Å². The van der Waals surface area contributed by atoms with Gasteiger partial charge in [0, 0.05) is 26.5 Å². The Hall–Kier alpha value is -0.820. The second-order valence-corrected chi connectivity index (χ2v) is 6.17. The Balaban J connectivity index is 1.66. The Kier molecular flexibility index (Phi) is 6.43. The first kappa shape index (κ1) is 14.6. The third-order valence-corrected chi connectivity index (χ3v) is 4.39. The van der Waals surface area contributed by atoms with Gasteiger partial charge >= 0.3 is 0 Å². The van der Waals surface area contributed by atoms with E-state index in [9.17, 15) is 0 Å². The van der Waals surface area contributed by atoms with E-state index < -0.39 is 0 Å². The van der Waals surface area contributed by atoms with E-state index in [0.29, 0.717) is 0 Å². The fourth-order valence-corrected chi connectivity index (χ4v) is 3.28. The lowest BCUT2D eigenvalue weighted by molar-refractivity contribution is 0.199. The van der Waals surface area contributed by atoms with Crippen LogP contribution in [-0.2, 0) is 17.6 Å². The Bertz CT molecular complexity index is 456. The Morgan fingerprint density at radius 3 is 2.95 bits per heavy atom. The lowest BCUT2D eigenvalue weighted by Crippen LogP contribution is -2.20. The maximum Gasteiger partial charge on any atom is 0.121 e. The molecule has 0 saturated heterocycles. The average molecular weight is 297 g/mol. The summed E-state index contributed by atoms with van der Waals surface area (Å²) in [4.78, 5) is 0. The number of methoxy groups -OCH3 is 1. The minimum absolute atomic E-state index is 0.767. The van der Waals surface area contributed by atoms with Crippen molar-refractivity contribution in [3.05, 3.63) is 32.4 Å². The maximum absolute atomic E-state index is 4.98. The van der Waals surface area contributed by atoms with Gasteiger partial charge in [0.15, 0.2) is 0 Å². The molecule has 0 aliphatic rings. The highest BCUT2D eigenvalue weighted by atomic mass is 32.1. The first-order chi connectivity index (χ1) is 9.38. The number of ether oxygens (including phenoxy) is 1. The van der Waals surface area contributed by atoms with E-state index in [0.717, 1.165) is 49.0 Å². The van der Waals surface area contributed by atoms with Crippen LogP contribution in [0.1, 0.15) is 22.0 Å². The standard InChI is InChI=1S/C13H19N3OS2/c1-17-7-6-14-5-2-3-12-15-16-13(19-12)9-11-4-8-18-10-11/h4,8,10,14H,2-3,5-7,9H2,1H3. The highest BCUT2D eigenvalue weighted by molar-refractivity contribution is 7.11. The van der Waals surface area contributed by atoms with Crippen LogP contribution in [0.5, 0.6) is 0 Å². The van der Waals surface area contributed by atoms with E-state index in [2.05, 4.69) is 32.3 Å². The lowest BCUT2D eigenvalue weighted by atomic mass is 10.3. The number of hydrogen-bond donors (Lipinski definition) is 1. The fourth-order valence-electron chi connectivity index (χ4n) is 1.69. The van der Waals surface area contributed by atoms with E-state index in [1.54, 1.807) is 29.8 Å². The number of hydrogen-bond acceptors (Lipinski definition) is 6. The summed E-state index contributed by atoms with van der Waals surface area (Å²) >= 11 is 3.46. The summed E-state index contributed by atoms with van der Waals surface area (Å²) < 4.78 is 4.98. The van der Waals surface area contributed by atoms with E-state index in [4.69, 9.17) is 4.74 Å². The molecule has 0 bridgehead atoms. The first-order valence-electron chi connectivity index (χ1n) is 6.40. The zero-order valence-electron chi connectivity index (χ0n) is 11.1. The van der Waals surface area contributed by atoms with Crippen molar-refractivity contribution in [2.24, 2.45) is 0 Å². The largest absolute Gasteiger partial charge is 0.383 e. The van der Waals surface area contributed by atoms with Crippen molar-refractivity contribution in [1.82, 2.24) is 15.5 Å². The topological polar surface area (TPSA) is 47.0 Å². The number of nitrogens with zero attached hydrogens (tertiary/aromatic N) is 2. The van der Waals surface area contributed by atoms with Crippen molar-refractivity contribution in [2.45, 2.75) is 19.3 Å². The van der Waals surface area contributed by atoms with Crippen LogP contribution in [0.25, 0.3) is 0 Å². The van der Waals surface area contributed by atoms with Crippen molar-refractivity contribution in [3.8, 4) is 0 Å². The van der Waals surface area contributed by atoms with Gasteiger partial charge in [0.25, 0.3) is 0 Å². The molecule has 0 unspecified atom stereocenters. The molecule has 0 aliphatic carbocycles. The van der Waals surface area contributed by atoms with Gasteiger partial charge in [-0.2, -0.15) is 11.3 Å². The first-order valence-corrected chi connectivity index (χ1v) is 8.16. The summed E-state index contributed by atoms with van der Waals surface area (Å²) in [5.41, 5.74) is 1.33. The second kappa shape index (κ2) is 8.37. The molecule has 2 aromatic rings. The molecule has 0 fully saturated rings. The molecule has 104 valence electrons. The van der Waals surface area contributed by atoms with Gasteiger partial charge in [0.2, 0.25) is 0 Å². The number of nitrogens with one attached hydrogen (secondary N) is 1. The Labute approximate surface area is 121 Å². The molecule has 2 rings (SSSR count). The molecule has 1 N–H and O–H groups in total. The molecule has 4 nitrogen and oxygen atoms in total. The quantitative estimate of drug-likeness (QED) is 0.722. The summed E-state index contributed by atoms with van der Waals surface area (Å²) in [5.74, 6) is 0. The van der Waals surface area contributed by atoms with Crippen LogP contribution in [0.4, 0.5) is 0 Å². The predicted octanol–water partition coefficient (Wildman–Crippen LogP) is 2.36. The van der Waals surface area contributed by atoms with Crippen LogP contribution in [0, 0.1) is 0 Å². The summed E-state index contributed by atoms with van der Waals surface area (Å²) in [6, 6.07) is 2.14. The minimum atomic E-state index is 0.767. The Morgan fingerprint density at radius 1 is 1.26 bits per heavy atom. The Morgan fingerprint density at radius 2 is 2.16 bits per heavy atom. The molecular weight excluding hydrogens is 278 g/mol. The molecule has 6 heteroatoms. The van der Waals surface area contributed by atoms with Gasteiger partial charge in [-0.3, -0.25) is 0 Å². The van der Waals surface area contributed by atoms with Gasteiger partial charge in [0.1, 0.15) is 10.0 Å². The van der Waals surface area contributed by atoms with Crippen molar-refractivity contribution >= 4 is 22.7 Å². The maximum atomic E-state index is 4.98. The minimum Gasteiger partial charge on any atom is -0.383 e. The molecule has 2 heterocycles. The number of aryl methyl sites for hydroxylation is 1. The van der Waals surface area contributed by atoms with Gasteiger partial charge < -0.3 is 10.1 Å². The summed E-state index contributed by atoms with van der Waals surface area (Å²) in [6.45, 7) is 2.68. The molecular formula is C13H19N3OS2. The van der Waals surface area contributed by atoms with Gasteiger partial charge in [0.05, 0.1) is 6.61 Å². The fraction of sp³-hybridized carbons (Fsp3) is 0.538. The number of thiophene rings is 1. The summed E-state index contributed by atoms with van der Waals surface area (Å²) in [5, 5.41) is 18.4. The van der Waals surface area contributed by atoms with Crippen molar-refractivity contribution < 1.29 is 4.74 Å². The van der Waals surface area contributed by atoms with Gasteiger partial charge in [-0.05, 0) is 35.4 Å². The van der Waals surface area contributed by atoms with Crippen LogP contribution < -0.4 is 5.32 Å². The number of rotatable bonds is 9. The lowest BCUT2D eigenvalue weighted by Gasteiger charge is -2.01. The zero-order valence-corrected chi connectivity index (χ0v) is 12.7. The zero-order chi connectivity index (χ0) is 13.3. The van der Waals surface area contributed by atoms with E-state index in [-0.39, 0.29) is 0 Å². The molecule has 0 atom stereocenters. The van der Waals surface area contributed by atoms with Gasteiger partial charge in [-0.25, -0.2) is 0 Å². The third-order valence-electron chi connectivity index (χ3n) is 2.67. The van der Waals surface area contributed by atoms with Crippen LogP contribution in [0.15, 0.2) is 16.8 Å². The number of aromatic nitrogens is 2. The van der Waals surface area contributed by atoms with Gasteiger partial charge in [-0.15, -0.1) is 21.5 Å². The van der Waals surface area contributed by atoms with Crippen LogP contribution in [0.2, 0.25) is 0 Å². The normalized spacial score (nSPS) is 11.0. The van der Waals surface area contributed by atoms with Crippen LogP contribution in [0.3, 0.4) is 0 Å². The monoisotopic (exact) mass is 297 g/mol. The SMILES string of the molecule is COCCNCCCc1nnc(Cc2ccsc2)s1. The van der Waals surface area contributed by atoms with Crippen molar-refractivity contribution in [3.63, 3.8) is 0 Å². The highest BCUT2D eigenvalue weighted by Gasteiger charge is 2.05. The molecule has 0 spiro atoms. The molecule has 0 aromatic carbocycles. The molecule has 0 amide bonds. The van der Waals surface area contributed by atoms with Gasteiger partial charge in [-0.1, -0.05) is 0 Å². The highest BCUT2D eigenvalue weighted by Crippen LogP contribution is 2.17. The molecule has 19 heavy (non-hydrogen) atoms. The van der Waals surface area contributed by atoms with E-state index >= 15 is 0 Å². The van der Waals surface area contributed by atoms with E-state index in [1.807, 2.05) is 0 Å². The summed E-state index contributed by atoms with van der Waals surface area (Å²) in [6.07, 6.45) is 3.01. The van der Waals surface area contributed by atoms with Crippen LogP contribution in [-0.4, -0.2) is 37.0 Å². The molecule has 2 aromatic heterocycles. The molecule has 0 aliphatic heterocycles. The predicted molar refractivity (Wildman–Crippen MR) is 80.1 cm³/mol. The molecule has 0 saturated carbocycles. The average Bonchev–Trinajstić information content (AvgIpc) is 3.06. The smallest absolute Gasteiger partial charge is 0.121 e. The van der Waals surface area contributed by atoms with E-state index in [1.165, 1.54) is 5.56 Å². The van der Waals surface area contributed by atoms with Crippen molar-refractivity contribution in [2.75, 3.05) is 26.8 Å². The second-order valence-electron chi connectivity index (χ2n) is 4.24.